The highest BCUT2D eigenvalue weighted by molar-refractivity contribution is 9.10. The van der Waals surface area contributed by atoms with E-state index in [0.29, 0.717) is 23.6 Å². The summed E-state index contributed by atoms with van der Waals surface area (Å²) in [6, 6.07) is 24.1. The maximum Gasteiger partial charge on any atom is 0.335 e. The summed E-state index contributed by atoms with van der Waals surface area (Å²) in [6.07, 6.45) is 1.46. The van der Waals surface area contributed by atoms with Crippen molar-refractivity contribution in [1.82, 2.24) is 5.32 Å². The highest BCUT2D eigenvalue weighted by Crippen LogP contribution is 2.30. The van der Waals surface area contributed by atoms with Crippen LogP contribution in [0.1, 0.15) is 22.3 Å². The minimum absolute atomic E-state index is 0.160. The Kier molecular flexibility index (Phi) is 6.63. The molecule has 0 aliphatic carbocycles. The number of carbonyl (C=O) groups is 3. The molecule has 0 aromatic heterocycles. The number of carbonyl (C=O) groups excluding carboxylic acids is 3. The first kappa shape index (κ1) is 24.5. The zero-order valence-corrected chi connectivity index (χ0v) is 21.8. The molecule has 4 amide bonds. The number of barbiturate groups is 1. The molecule has 0 atom stereocenters. The number of nitrogens with one attached hydrogen (secondary N) is 1. The van der Waals surface area contributed by atoms with Crippen LogP contribution in [0, 0.1) is 13.8 Å². The number of hydrogen-bond acceptors (Lipinski definition) is 4. The molecule has 1 aliphatic heterocycles. The average Bonchev–Trinajstić information content (AvgIpc) is 2.85. The molecule has 7 heteroatoms. The first-order valence-electron chi connectivity index (χ1n) is 11.7. The largest absolute Gasteiger partial charge is 0.488 e. The van der Waals surface area contributed by atoms with Crippen LogP contribution >= 0.6 is 15.9 Å². The SMILES string of the molecule is Cc1cc(C)cc(N2C(=O)NC(=O)/C(=C\c3cc(Br)ccc3OCc3cccc4ccccc34)C2=O)c1. The summed E-state index contributed by atoms with van der Waals surface area (Å²) >= 11 is 3.46. The minimum atomic E-state index is -0.779. The number of hydrogen-bond donors (Lipinski definition) is 1. The number of halogens is 1. The van der Waals surface area contributed by atoms with Crippen LogP contribution in [-0.2, 0) is 16.2 Å². The number of fused-ring (bicyclic) bond motifs is 1. The van der Waals surface area contributed by atoms with E-state index < -0.39 is 17.8 Å². The lowest BCUT2D eigenvalue weighted by Crippen LogP contribution is -2.54. The molecule has 184 valence electrons. The van der Waals surface area contributed by atoms with Crippen molar-refractivity contribution >= 4 is 56.3 Å². The van der Waals surface area contributed by atoms with E-state index in [1.54, 1.807) is 24.3 Å². The maximum absolute atomic E-state index is 13.4. The van der Waals surface area contributed by atoms with Crippen molar-refractivity contribution in [1.29, 1.82) is 0 Å². The number of urea groups is 1. The Balaban J connectivity index is 1.49. The first-order chi connectivity index (χ1) is 17.8. The third-order valence-corrected chi connectivity index (χ3v) is 6.59. The summed E-state index contributed by atoms with van der Waals surface area (Å²) in [6.45, 7) is 4.06. The predicted molar refractivity (Wildman–Crippen MR) is 147 cm³/mol. The zero-order chi connectivity index (χ0) is 26.1. The molecule has 4 aromatic carbocycles. The fraction of sp³-hybridized carbons (Fsp3) is 0.100. The highest BCUT2D eigenvalue weighted by atomic mass is 79.9. The monoisotopic (exact) mass is 554 g/mol. The summed E-state index contributed by atoms with van der Waals surface area (Å²) in [5.74, 6) is -0.951. The molecule has 1 saturated heterocycles. The number of rotatable bonds is 5. The lowest BCUT2D eigenvalue weighted by Gasteiger charge is -2.27. The number of anilines is 1. The van der Waals surface area contributed by atoms with Crippen molar-refractivity contribution in [3.05, 3.63) is 111 Å². The maximum atomic E-state index is 13.4. The minimum Gasteiger partial charge on any atom is -0.488 e. The van der Waals surface area contributed by atoms with Crippen LogP contribution in [0.25, 0.3) is 16.8 Å². The van der Waals surface area contributed by atoms with Gasteiger partial charge < -0.3 is 4.74 Å². The number of imide groups is 2. The second-order valence-corrected chi connectivity index (χ2v) is 9.83. The summed E-state index contributed by atoms with van der Waals surface area (Å²) in [4.78, 5) is 39.8. The number of nitrogens with zero attached hydrogens (tertiary/aromatic N) is 1. The van der Waals surface area contributed by atoms with E-state index in [4.69, 9.17) is 4.74 Å². The lowest BCUT2D eigenvalue weighted by atomic mass is 10.0. The average molecular weight is 555 g/mol. The predicted octanol–water partition coefficient (Wildman–Crippen LogP) is 6.46. The molecule has 0 bridgehead atoms. The lowest BCUT2D eigenvalue weighted by molar-refractivity contribution is -0.122. The van der Waals surface area contributed by atoms with Crippen molar-refractivity contribution < 1.29 is 19.1 Å². The molecule has 1 aliphatic rings. The third-order valence-electron chi connectivity index (χ3n) is 6.10. The molecule has 4 aromatic rings. The molecule has 37 heavy (non-hydrogen) atoms. The Morgan fingerprint density at radius 3 is 2.41 bits per heavy atom. The second kappa shape index (κ2) is 10.0. The summed E-state index contributed by atoms with van der Waals surface area (Å²) in [5, 5.41) is 4.49. The second-order valence-electron chi connectivity index (χ2n) is 8.91. The molecule has 1 N–H and O–H groups in total. The van der Waals surface area contributed by atoms with Crippen LogP contribution in [0.5, 0.6) is 5.75 Å². The van der Waals surface area contributed by atoms with Crippen LogP contribution in [0.2, 0.25) is 0 Å². The highest BCUT2D eigenvalue weighted by Gasteiger charge is 2.37. The Hall–Kier alpha value is -4.23. The first-order valence-corrected chi connectivity index (χ1v) is 12.5. The summed E-state index contributed by atoms with van der Waals surface area (Å²) in [5.41, 5.74) is 3.58. The van der Waals surface area contributed by atoms with E-state index >= 15 is 0 Å². The molecular formula is C30H23BrN2O4. The molecule has 0 unspecified atom stereocenters. The van der Waals surface area contributed by atoms with Gasteiger partial charge >= 0.3 is 6.03 Å². The van der Waals surface area contributed by atoms with Crippen molar-refractivity contribution in [2.24, 2.45) is 0 Å². The zero-order valence-electron chi connectivity index (χ0n) is 20.2. The Morgan fingerprint density at radius 1 is 0.892 bits per heavy atom. The van der Waals surface area contributed by atoms with E-state index in [1.165, 1.54) is 6.08 Å². The fourth-order valence-electron chi connectivity index (χ4n) is 4.46. The number of benzene rings is 4. The van der Waals surface area contributed by atoms with E-state index in [9.17, 15) is 14.4 Å². The number of ether oxygens (including phenoxy) is 1. The van der Waals surface area contributed by atoms with Gasteiger partial charge in [-0.3, -0.25) is 14.9 Å². The quantitative estimate of drug-likeness (QED) is 0.227. The van der Waals surface area contributed by atoms with Crippen LogP contribution in [0.3, 0.4) is 0 Å². The smallest absolute Gasteiger partial charge is 0.335 e. The molecule has 6 nitrogen and oxygen atoms in total. The van der Waals surface area contributed by atoms with Gasteiger partial charge in [0.1, 0.15) is 17.9 Å². The molecule has 5 rings (SSSR count). The number of aryl methyl sites for hydroxylation is 2. The van der Waals surface area contributed by atoms with Crippen LogP contribution in [0.15, 0.2) is 88.9 Å². The van der Waals surface area contributed by atoms with Gasteiger partial charge in [-0.1, -0.05) is 64.5 Å². The standard InChI is InChI=1S/C30H23BrN2O4/c1-18-12-19(2)14-24(13-18)33-29(35)26(28(34)32-30(33)36)16-22-15-23(31)10-11-27(22)37-17-21-8-5-7-20-6-3-4-9-25(20)21/h3-16H,17H2,1-2H3,(H,32,34,36)/b26-16+. The van der Waals surface area contributed by atoms with Crippen LogP contribution < -0.4 is 15.0 Å². The third kappa shape index (κ3) is 5.04. The van der Waals surface area contributed by atoms with Crippen molar-refractivity contribution in [2.75, 3.05) is 4.90 Å². The molecule has 1 heterocycles. The van der Waals surface area contributed by atoms with Gasteiger partial charge in [-0.15, -0.1) is 0 Å². The normalized spacial score (nSPS) is 14.8. The molecule has 0 spiro atoms. The van der Waals surface area contributed by atoms with E-state index in [1.807, 2.05) is 68.4 Å². The molecular weight excluding hydrogens is 532 g/mol. The molecule has 1 fully saturated rings. The molecule has 0 radical (unpaired) electrons. The summed E-state index contributed by atoms with van der Waals surface area (Å²) < 4.78 is 6.93. The van der Waals surface area contributed by atoms with Crippen molar-refractivity contribution in [2.45, 2.75) is 20.5 Å². The fourth-order valence-corrected chi connectivity index (χ4v) is 4.84. The van der Waals surface area contributed by atoms with Crippen molar-refractivity contribution in [3.63, 3.8) is 0 Å². The van der Waals surface area contributed by atoms with Gasteiger partial charge in [0.05, 0.1) is 5.69 Å². The van der Waals surface area contributed by atoms with E-state index in [2.05, 4.69) is 21.2 Å². The van der Waals surface area contributed by atoms with E-state index in [-0.39, 0.29) is 5.57 Å². The van der Waals surface area contributed by atoms with Crippen molar-refractivity contribution in [3.8, 4) is 5.75 Å². The summed E-state index contributed by atoms with van der Waals surface area (Å²) in [7, 11) is 0. The topological polar surface area (TPSA) is 75.7 Å². The van der Waals surface area contributed by atoms with Gasteiger partial charge in [0.15, 0.2) is 0 Å². The number of amides is 4. The van der Waals surface area contributed by atoms with Gasteiger partial charge in [0, 0.05) is 10.0 Å². The Bertz CT molecular complexity index is 1580. The van der Waals surface area contributed by atoms with Gasteiger partial charge in [0.25, 0.3) is 11.8 Å². The Labute approximate surface area is 222 Å². The van der Waals surface area contributed by atoms with Gasteiger partial charge in [-0.2, -0.15) is 0 Å². The van der Waals surface area contributed by atoms with Gasteiger partial charge in [-0.05, 0) is 77.7 Å². The van der Waals surface area contributed by atoms with Gasteiger partial charge in [0.2, 0.25) is 0 Å². The van der Waals surface area contributed by atoms with Crippen LogP contribution in [-0.4, -0.2) is 17.8 Å². The molecule has 0 saturated carbocycles. The van der Waals surface area contributed by atoms with Gasteiger partial charge in [-0.25, -0.2) is 9.69 Å². The van der Waals surface area contributed by atoms with E-state index in [0.717, 1.165) is 36.8 Å². The Morgan fingerprint density at radius 2 is 1.62 bits per heavy atom. The van der Waals surface area contributed by atoms with Crippen LogP contribution in [0.4, 0.5) is 10.5 Å².